The van der Waals surface area contributed by atoms with Crippen molar-refractivity contribution in [1.82, 2.24) is 0 Å². The molecule has 0 radical (unpaired) electrons. The molecule has 0 spiro atoms. The Kier molecular flexibility index (Phi) is 4.16. The van der Waals surface area contributed by atoms with Gasteiger partial charge in [-0.3, -0.25) is 10.1 Å². The zero-order valence-corrected chi connectivity index (χ0v) is 10.9. The standard InChI is InChI=1S/C13H10ClFN2O3/c14-9-2-1-3-11(17(18)19)13(9)20-12-5-4-8(7-16)6-10(12)15/h1-6H,7,16H2. The summed E-state index contributed by atoms with van der Waals surface area (Å²) >= 11 is 5.86. The third-order valence-corrected chi connectivity index (χ3v) is 2.88. The largest absolute Gasteiger partial charge is 0.445 e. The SMILES string of the molecule is NCc1ccc(Oc2c(Cl)cccc2[N+](=O)[O-])c(F)c1. The number of rotatable bonds is 4. The fraction of sp³-hybridized carbons (Fsp3) is 0.0769. The van der Waals surface area contributed by atoms with E-state index in [1.165, 1.54) is 30.3 Å². The van der Waals surface area contributed by atoms with E-state index in [4.69, 9.17) is 22.1 Å². The predicted molar refractivity (Wildman–Crippen MR) is 72.5 cm³/mol. The van der Waals surface area contributed by atoms with Crippen LogP contribution in [0.3, 0.4) is 0 Å². The maximum absolute atomic E-state index is 13.8. The van der Waals surface area contributed by atoms with Crippen LogP contribution in [0, 0.1) is 15.9 Å². The number of halogens is 2. The number of hydrogen-bond donors (Lipinski definition) is 1. The third-order valence-electron chi connectivity index (χ3n) is 2.59. The first kappa shape index (κ1) is 14.2. The quantitative estimate of drug-likeness (QED) is 0.690. The van der Waals surface area contributed by atoms with Crippen molar-refractivity contribution in [3.05, 3.63) is 62.9 Å². The van der Waals surface area contributed by atoms with Gasteiger partial charge in [0.2, 0.25) is 5.75 Å². The lowest BCUT2D eigenvalue weighted by Crippen LogP contribution is -1.99. The van der Waals surface area contributed by atoms with Gasteiger partial charge in [0.1, 0.15) is 0 Å². The number of benzene rings is 2. The van der Waals surface area contributed by atoms with E-state index in [9.17, 15) is 14.5 Å². The van der Waals surface area contributed by atoms with Gasteiger partial charge >= 0.3 is 5.69 Å². The summed E-state index contributed by atoms with van der Waals surface area (Å²) in [4.78, 5) is 10.3. The third kappa shape index (κ3) is 2.87. The summed E-state index contributed by atoms with van der Waals surface area (Å²) < 4.78 is 19.0. The van der Waals surface area contributed by atoms with Crippen LogP contribution in [0.5, 0.6) is 11.5 Å². The molecule has 0 aliphatic heterocycles. The topological polar surface area (TPSA) is 78.4 Å². The Bertz CT molecular complexity index is 664. The Morgan fingerprint density at radius 1 is 1.35 bits per heavy atom. The van der Waals surface area contributed by atoms with Crippen molar-refractivity contribution >= 4 is 17.3 Å². The molecule has 0 heterocycles. The van der Waals surface area contributed by atoms with E-state index in [1.54, 1.807) is 6.07 Å². The molecule has 5 nitrogen and oxygen atoms in total. The van der Waals surface area contributed by atoms with Crippen LogP contribution in [0.2, 0.25) is 5.02 Å². The number of hydrogen-bond acceptors (Lipinski definition) is 4. The zero-order chi connectivity index (χ0) is 14.7. The second-order valence-corrected chi connectivity index (χ2v) is 4.32. The zero-order valence-electron chi connectivity index (χ0n) is 10.2. The Morgan fingerprint density at radius 2 is 2.10 bits per heavy atom. The molecule has 20 heavy (non-hydrogen) atoms. The first-order chi connectivity index (χ1) is 9.52. The summed E-state index contributed by atoms with van der Waals surface area (Å²) in [6, 6.07) is 8.20. The monoisotopic (exact) mass is 296 g/mol. The molecule has 2 aromatic rings. The average molecular weight is 297 g/mol. The molecule has 2 N–H and O–H groups in total. The first-order valence-electron chi connectivity index (χ1n) is 5.62. The van der Waals surface area contributed by atoms with E-state index in [0.29, 0.717) is 5.56 Å². The molecule has 7 heteroatoms. The number of para-hydroxylation sites is 1. The molecule has 2 aromatic carbocycles. The lowest BCUT2D eigenvalue weighted by atomic mass is 10.2. The fourth-order valence-electron chi connectivity index (χ4n) is 1.61. The van der Waals surface area contributed by atoms with Gasteiger partial charge in [-0.1, -0.05) is 23.7 Å². The molecule has 104 valence electrons. The Labute approximate surface area is 118 Å². The van der Waals surface area contributed by atoms with Gasteiger partial charge in [0, 0.05) is 12.6 Å². The van der Waals surface area contributed by atoms with Crippen LogP contribution in [0.15, 0.2) is 36.4 Å². The van der Waals surface area contributed by atoms with Crippen molar-refractivity contribution in [3.8, 4) is 11.5 Å². The highest BCUT2D eigenvalue weighted by atomic mass is 35.5. The summed E-state index contributed by atoms with van der Waals surface area (Å²) in [6.07, 6.45) is 0. The summed E-state index contributed by atoms with van der Waals surface area (Å²) in [5.41, 5.74) is 5.64. The second-order valence-electron chi connectivity index (χ2n) is 3.92. The fourth-order valence-corrected chi connectivity index (χ4v) is 1.81. The molecule has 0 saturated heterocycles. The lowest BCUT2D eigenvalue weighted by molar-refractivity contribution is -0.385. The van der Waals surface area contributed by atoms with Crippen LogP contribution in [-0.2, 0) is 6.54 Å². The minimum absolute atomic E-state index is 0.0292. The number of nitrogens with zero attached hydrogens (tertiary/aromatic N) is 1. The minimum Gasteiger partial charge on any atom is -0.445 e. The van der Waals surface area contributed by atoms with Gasteiger partial charge in [-0.05, 0) is 23.8 Å². The van der Waals surface area contributed by atoms with Gasteiger partial charge in [-0.15, -0.1) is 0 Å². The summed E-state index contributed by atoms with van der Waals surface area (Å²) in [6.45, 7) is 0.184. The molecule has 0 saturated carbocycles. The van der Waals surface area contributed by atoms with E-state index in [-0.39, 0.29) is 28.8 Å². The molecule has 0 aromatic heterocycles. The van der Waals surface area contributed by atoms with Crippen molar-refractivity contribution in [1.29, 1.82) is 0 Å². The number of nitro groups is 1. The molecule has 0 unspecified atom stereocenters. The molecule has 2 rings (SSSR count). The molecule has 0 aliphatic carbocycles. The molecular formula is C13H10ClFN2O3. The first-order valence-corrected chi connectivity index (χ1v) is 6.00. The van der Waals surface area contributed by atoms with Gasteiger partial charge in [0.15, 0.2) is 11.6 Å². The van der Waals surface area contributed by atoms with Gasteiger partial charge < -0.3 is 10.5 Å². The molecule has 0 fully saturated rings. The van der Waals surface area contributed by atoms with E-state index in [0.717, 1.165) is 0 Å². The van der Waals surface area contributed by atoms with Crippen LogP contribution in [-0.4, -0.2) is 4.92 Å². The van der Waals surface area contributed by atoms with E-state index >= 15 is 0 Å². The van der Waals surface area contributed by atoms with Crippen LogP contribution in [0.4, 0.5) is 10.1 Å². The van der Waals surface area contributed by atoms with Crippen molar-refractivity contribution < 1.29 is 14.1 Å². The lowest BCUT2D eigenvalue weighted by Gasteiger charge is -2.09. The van der Waals surface area contributed by atoms with Crippen molar-refractivity contribution in [2.75, 3.05) is 0 Å². The van der Waals surface area contributed by atoms with Crippen LogP contribution in [0.25, 0.3) is 0 Å². The highest BCUT2D eigenvalue weighted by Gasteiger charge is 2.20. The highest BCUT2D eigenvalue weighted by Crippen LogP contribution is 2.38. The molecule has 0 atom stereocenters. The number of ether oxygens (including phenoxy) is 1. The minimum atomic E-state index is -0.665. The Balaban J connectivity index is 2.42. The summed E-state index contributed by atoms with van der Waals surface area (Å²) in [5, 5.41) is 10.9. The van der Waals surface area contributed by atoms with Crippen LogP contribution < -0.4 is 10.5 Å². The second kappa shape index (κ2) is 5.85. The summed E-state index contributed by atoms with van der Waals surface area (Å²) in [7, 11) is 0. The van der Waals surface area contributed by atoms with Gasteiger partial charge in [0.05, 0.1) is 9.95 Å². The maximum atomic E-state index is 13.8. The van der Waals surface area contributed by atoms with Crippen molar-refractivity contribution in [3.63, 3.8) is 0 Å². The van der Waals surface area contributed by atoms with Crippen molar-refractivity contribution in [2.24, 2.45) is 5.73 Å². The average Bonchev–Trinajstić information content (AvgIpc) is 2.42. The summed E-state index contributed by atoms with van der Waals surface area (Å²) in [5.74, 6) is -1.01. The Morgan fingerprint density at radius 3 is 2.70 bits per heavy atom. The number of nitro benzene ring substituents is 1. The van der Waals surface area contributed by atoms with E-state index in [2.05, 4.69) is 0 Å². The molecule has 0 amide bonds. The predicted octanol–water partition coefficient (Wildman–Crippen LogP) is 3.64. The normalized spacial score (nSPS) is 10.3. The molecule has 0 aliphatic rings. The number of nitrogens with two attached hydrogens (primary N) is 1. The van der Waals surface area contributed by atoms with Crippen LogP contribution >= 0.6 is 11.6 Å². The molecule has 0 bridgehead atoms. The van der Waals surface area contributed by atoms with Crippen molar-refractivity contribution in [2.45, 2.75) is 6.54 Å². The smallest absolute Gasteiger partial charge is 0.313 e. The van der Waals surface area contributed by atoms with Crippen LogP contribution in [0.1, 0.15) is 5.56 Å². The van der Waals surface area contributed by atoms with Gasteiger partial charge in [-0.2, -0.15) is 0 Å². The van der Waals surface area contributed by atoms with E-state index < -0.39 is 10.7 Å². The van der Waals surface area contributed by atoms with E-state index in [1.807, 2.05) is 0 Å². The maximum Gasteiger partial charge on any atom is 0.313 e. The van der Waals surface area contributed by atoms with Gasteiger partial charge in [-0.25, -0.2) is 4.39 Å². The molecular weight excluding hydrogens is 287 g/mol. The van der Waals surface area contributed by atoms with Gasteiger partial charge in [0.25, 0.3) is 0 Å². The Hall–Kier alpha value is -2.18. The highest BCUT2D eigenvalue weighted by molar-refractivity contribution is 6.32.